The number of carboxylic acid groups (broad SMARTS) is 1. The van der Waals surface area contributed by atoms with E-state index in [1.54, 1.807) is 6.92 Å². The molecule has 0 bridgehead atoms. The monoisotopic (exact) mass is 302 g/mol. The molecular formula is C13H22N2O6. The van der Waals surface area contributed by atoms with Gasteiger partial charge in [-0.3, -0.25) is 4.79 Å². The van der Waals surface area contributed by atoms with Crippen LogP contribution in [-0.4, -0.2) is 65.4 Å². The van der Waals surface area contributed by atoms with Crippen molar-refractivity contribution in [3.8, 4) is 0 Å². The molecule has 0 radical (unpaired) electrons. The summed E-state index contributed by atoms with van der Waals surface area (Å²) in [5.74, 6) is -1.92. The largest absolute Gasteiger partial charge is 0.479 e. The van der Waals surface area contributed by atoms with Crippen LogP contribution in [0.4, 0.5) is 4.79 Å². The summed E-state index contributed by atoms with van der Waals surface area (Å²) in [5.41, 5.74) is 0. The molecule has 8 nitrogen and oxygen atoms in total. The van der Waals surface area contributed by atoms with Gasteiger partial charge in [0.05, 0.1) is 12.5 Å². The van der Waals surface area contributed by atoms with Crippen molar-refractivity contribution in [3.05, 3.63) is 0 Å². The number of aliphatic carboxylic acids is 1. The average Bonchev–Trinajstić information content (AvgIpc) is 2.47. The number of amides is 2. The van der Waals surface area contributed by atoms with E-state index in [2.05, 4.69) is 5.32 Å². The minimum absolute atomic E-state index is 0.0593. The number of carbonyl (C=O) groups excluding carboxylic acids is 2. The summed E-state index contributed by atoms with van der Waals surface area (Å²) in [5, 5.41) is 20.2. The van der Waals surface area contributed by atoms with Crippen molar-refractivity contribution in [1.29, 1.82) is 0 Å². The van der Waals surface area contributed by atoms with E-state index in [9.17, 15) is 14.4 Å². The molecule has 120 valence electrons. The second-order valence-electron chi connectivity index (χ2n) is 4.91. The highest BCUT2D eigenvalue weighted by Gasteiger charge is 2.29. The van der Waals surface area contributed by atoms with Gasteiger partial charge in [0.25, 0.3) is 0 Å². The van der Waals surface area contributed by atoms with Crippen LogP contribution < -0.4 is 5.32 Å². The summed E-state index contributed by atoms with van der Waals surface area (Å²) in [6.45, 7) is 2.95. The lowest BCUT2D eigenvalue weighted by Crippen LogP contribution is -2.47. The Hall–Kier alpha value is -1.83. The van der Waals surface area contributed by atoms with Crippen LogP contribution in [0, 0.1) is 5.92 Å². The first-order chi connectivity index (χ1) is 9.95. The first-order valence-electron chi connectivity index (χ1n) is 7.06. The molecule has 0 aromatic heterocycles. The summed E-state index contributed by atoms with van der Waals surface area (Å²) in [6.07, 6.45) is -0.135. The van der Waals surface area contributed by atoms with Gasteiger partial charge in [-0.1, -0.05) is 0 Å². The van der Waals surface area contributed by atoms with Crippen molar-refractivity contribution in [3.63, 3.8) is 0 Å². The molecule has 0 aromatic rings. The molecule has 2 unspecified atom stereocenters. The predicted octanol–water partition coefficient (Wildman–Crippen LogP) is -0.193. The van der Waals surface area contributed by atoms with E-state index >= 15 is 0 Å². The van der Waals surface area contributed by atoms with Gasteiger partial charge in [-0.25, -0.2) is 9.59 Å². The van der Waals surface area contributed by atoms with Gasteiger partial charge in [0, 0.05) is 26.1 Å². The van der Waals surface area contributed by atoms with Crippen molar-refractivity contribution < 1.29 is 29.3 Å². The summed E-state index contributed by atoms with van der Waals surface area (Å²) >= 11 is 0. The van der Waals surface area contributed by atoms with Gasteiger partial charge in [0.15, 0.2) is 6.10 Å². The van der Waals surface area contributed by atoms with Crippen LogP contribution in [0.25, 0.3) is 0 Å². The molecule has 0 aromatic carbocycles. The molecule has 1 aliphatic heterocycles. The molecule has 21 heavy (non-hydrogen) atoms. The summed E-state index contributed by atoms with van der Waals surface area (Å²) < 4.78 is 4.95. The van der Waals surface area contributed by atoms with E-state index in [1.807, 2.05) is 0 Å². The van der Waals surface area contributed by atoms with E-state index in [1.165, 1.54) is 4.90 Å². The number of aliphatic hydroxyl groups excluding tert-OH is 1. The lowest BCUT2D eigenvalue weighted by atomic mass is 9.98. The molecule has 8 heteroatoms. The van der Waals surface area contributed by atoms with Crippen LogP contribution in [0.5, 0.6) is 0 Å². The number of esters is 1. The number of carboxylic acids is 1. The predicted molar refractivity (Wildman–Crippen MR) is 72.6 cm³/mol. The molecule has 1 saturated heterocycles. The fourth-order valence-electron chi connectivity index (χ4n) is 2.17. The minimum atomic E-state index is -1.49. The summed E-state index contributed by atoms with van der Waals surface area (Å²) in [4.78, 5) is 35.5. The molecule has 0 aliphatic carbocycles. The van der Waals surface area contributed by atoms with Gasteiger partial charge in [0.1, 0.15) is 0 Å². The Kier molecular flexibility index (Phi) is 6.93. The van der Waals surface area contributed by atoms with Crippen molar-refractivity contribution in [2.45, 2.75) is 32.3 Å². The van der Waals surface area contributed by atoms with Gasteiger partial charge >= 0.3 is 18.0 Å². The molecule has 1 heterocycles. The third kappa shape index (κ3) is 5.58. The number of likely N-dealkylation sites (tertiary alicyclic amines) is 1. The number of ether oxygens (including phenoxy) is 1. The Morgan fingerprint density at radius 1 is 1.43 bits per heavy atom. The number of urea groups is 1. The van der Waals surface area contributed by atoms with E-state index < -0.39 is 12.1 Å². The van der Waals surface area contributed by atoms with Crippen molar-refractivity contribution >= 4 is 18.0 Å². The first-order valence-corrected chi connectivity index (χ1v) is 7.06. The molecule has 0 spiro atoms. The quantitative estimate of drug-likeness (QED) is 0.585. The van der Waals surface area contributed by atoms with Gasteiger partial charge in [0.2, 0.25) is 0 Å². The maximum absolute atomic E-state index is 11.9. The molecule has 1 aliphatic rings. The summed E-state index contributed by atoms with van der Waals surface area (Å²) in [7, 11) is 0. The number of aliphatic hydroxyl groups is 1. The van der Waals surface area contributed by atoms with Crippen LogP contribution in [0.2, 0.25) is 0 Å². The Morgan fingerprint density at radius 2 is 2.14 bits per heavy atom. The standard InChI is InChI=1S/C13H22N2O6/c1-2-21-12(19)9-4-3-7-15(8-9)13(20)14-6-5-10(16)11(17)18/h9-10,16H,2-8H2,1H3,(H,14,20)(H,17,18). The first kappa shape index (κ1) is 17.2. The van der Waals surface area contributed by atoms with Crippen molar-refractivity contribution in [2.75, 3.05) is 26.2 Å². The fraction of sp³-hybridized carbons (Fsp3) is 0.769. The second-order valence-corrected chi connectivity index (χ2v) is 4.91. The number of piperidine rings is 1. The minimum Gasteiger partial charge on any atom is -0.479 e. The van der Waals surface area contributed by atoms with E-state index in [-0.39, 0.29) is 30.9 Å². The van der Waals surface area contributed by atoms with Gasteiger partial charge < -0.3 is 25.2 Å². The number of nitrogens with zero attached hydrogens (tertiary/aromatic N) is 1. The van der Waals surface area contributed by atoms with Gasteiger partial charge in [-0.05, 0) is 19.8 Å². The van der Waals surface area contributed by atoms with E-state index in [0.29, 0.717) is 32.5 Å². The fourth-order valence-corrected chi connectivity index (χ4v) is 2.17. The normalized spacial score (nSPS) is 19.7. The van der Waals surface area contributed by atoms with Gasteiger partial charge in [-0.15, -0.1) is 0 Å². The van der Waals surface area contributed by atoms with Crippen LogP contribution in [0.15, 0.2) is 0 Å². The number of rotatable bonds is 6. The zero-order valence-electron chi connectivity index (χ0n) is 12.1. The zero-order chi connectivity index (χ0) is 15.8. The topological polar surface area (TPSA) is 116 Å². The number of hydrogen-bond acceptors (Lipinski definition) is 5. The lowest BCUT2D eigenvalue weighted by Gasteiger charge is -2.31. The van der Waals surface area contributed by atoms with Crippen LogP contribution in [0.3, 0.4) is 0 Å². The third-order valence-corrected chi connectivity index (χ3v) is 3.31. The molecule has 2 amide bonds. The Labute approximate surface area is 123 Å². The highest BCUT2D eigenvalue weighted by molar-refractivity contribution is 5.77. The molecule has 0 saturated carbocycles. The molecule has 1 rings (SSSR count). The van der Waals surface area contributed by atoms with Crippen LogP contribution >= 0.6 is 0 Å². The molecule has 2 atom stereocenters. The van der Waals surface area contributed by atoms with Crippen LogP contribution in [0.1, 0.15) is 26.2 Å². The smallest absolute Gasteiger partial charge is 0.332 e. The number of hydrogen-bond donors (Lipinski definition) is 3. The Balaban J connectivity index is 2.36. The maximum Gasteiger partial charge on any atom is 0.332 e. The Morgan fingerprint density at radius 3 is 2.76 bits per heavy atom. The SMILES string of the molecule is CCOC(=O)C1CCCN(C(=O)NCCC(O)C(=O)O)C1. The second kappa shape index (κ2) is 8.46. The van der Waals surface area contributed by atoms with Crippen molar-refractivity contribution in [2.24, 2.45) is 5.92 Å². The highest BCUT2D eigenvalue weighted by Crippen LogP contribution is 2.17. The Bertz CT molecular complexity index is 387. The van der Waals surface area contributed by atoms with E-state index in [4.69, 9.17) is 14.9 Å². The number of carbonyl (C=O) groups is 3. The number of nitrogens with one attached hydrogen (secondary N) is 1. The van der Waals surface area contributed by atoms with Crippen molar-refractivity contribution in [1.82, 2.24) is 10.2 Å². The molecular weight excluding hydrogens is 280 g/mol. The zero-order valence-corrected chi connectivity index (χ0v) is 12.1. The van der Waals surface area contributed by atoms with E-state index in [0.717, 1.165) is 0 Å². The molecule has 1 fully saturated rings. The highest BCUT2D eigenvalue weighted by atomic mass is 16.5. The van der Waals surface area contributed by atoms with Crippen LogP contribution in [-0.2, 0) is 14.3 Å². The summed E-state index contributed by atoms with van der Waals surface area (Å²) in [6, 6.07) is -0.360. The average molecular weight is 302 g/mol. The maximum atomic E-state index is 11.9. The van der Waals surface area contributed by atoms with Gasteiger partial charge in [-0.2, -0.15) is 0 Å². The third-order valence-electron chi connectivity index (χ3n) is 3.31. The molecule has 3 N–H and O–H groups in total. The lowest BCUT2D eigenvalue weighted by molar-refractivity contribution is -0.149.